The molecule has 0 aliphatic heterocycles. The van der Waals surface area contributed by atoms with E-state index in [-0.39, 0.29) is 0 Å². The Hall–Kier alpha value is -2.56. The molecule has 0 spiro atoms. The highest BCUT2D eigenvalue weighted by Gasteiger charge is 2.14. The first-order valence-electron chi connectivity index (χ1n) is 8.74. The van der Waals surface area contributed by atoms with Crippen molar-refractivity contribution in [1.82, 2.24) is 20.1 Å². The van der Waals surface area contributed by atoms with Crippen LogP contribution in [0.4, 0.5) is 0 Å². The van der Waals surface area contributed by atoms with E-state index in [4.69, 9.17) is 4.52 Å². The molecule has 3 aromatic rings. The zero-order valence-corrected chi connectivity index (χ0v) is 15.5. The lowest BCUT2D eigenvalue weighted by Crippen LogP contribution is -1.99. The molecule has 3 aromatic heterocycles. The lowest BCUT2D eigenvalue weighted by Gasteiger charge is -2.06. The van der Waals surface area contributed by atoms with Crippen molar-refractivity contribution in [2.75, 3.05) is 0 Å². The van der Waals surface area contributed by atoms with Crippen molar-refractivity contribution in [3.63, 3.8) is 0 Å². The van der Waals surface area contributed by atoms with E-state index in [1.54, 1.807) is 0 Å². The van der Waals surface area contributed by atoms with Gasteiger partial charge in [0.05, 0.1) is 0 Å². The minimum Gasteiger partial charge on any atom is -0.334 e. The number of pyridine rings is 2. The second-order valence-corrected chi connectivity index (χ2v) is 6.85. The van der Waals surface area contributed by atoms with Gasteiger partial charge in [-0.2, -0.15) is 4.98 Å². The van der Waals surface area contributed by atoms with Crippen LogP contribution in [-0.4, -0.2) is 20.1 Å². The molecule has 0 saturated heterocycles. The Morgan fingerprint density at radius 2 is 1.52 bits per heavy atom. The first kappa shape index (κ1) is 17.3. The van der Waals surface area contributed by atoms with Crippen LogP contribution in [0.25, 0.3) is 22.8 Å². The fraction of sp³-hybridized carbons (Fsp3) is 0.400. The molecular formula is C20H24N4O. The second kappa shape index (κ2) is 7.13. The molecule has 25 heavy (non-hydrogen) atoms. The molecule has 0 fully saturated rings. The van der Waals surface area contributed by atoms with Gasteiger partial charge in [0.1, 0.15) is 0 Å². The molecule has 5 nitrogen and oxygen atoms in total. The van der Waals surface area contributed by atoms with E-state index in [2.05, 4.69) is 40.9 Å². The average molecular weight is 336 g/mol. The molecule has 0 saturated carbocycles. The Labute approximate surface area is 148 Å². The second-order valence-electron chi connectivity index (χ2n) is 6.85. The van der Waals surface area contributed by atoms with Crippen molar-refractivity contribution < 1.29 is 4.52 Å². The van der Waals surface area contributed by atoms with Crippen LogP contribution in [0.1, 0.15) is 43.5 Å². The number of aromatic nitrogens is 4. The van der Waals surface area contributed by atoms with Crippen LogP contribution in [0, 0.1) is 19.8 Å². The minimum atomic E-state index is 0.526. The summed E-state index contributed by atoms with van der Waals surface area (Å²) in [6.07, 6.45) is 1.81. The van der Waals surface area contributed by atoms with Crippen LogP contribution in [0.15, 0.2) is 28.8 Å². The fourth-order valence-corrected chi connectivity index (χ4v) is 2.89. The third kappa shape index (κ3) is 4.10. The summed E-state index contributed by atoms with van der Waals surface area (Å²) < 4.78 is 5.52. The first-order chi connectivity index (χ1) is 11.9. The van der Waals surface area contributed by atoms with Gasteiger partial charge in [-0.05, 0) is 56.9 Å². The summed E-state index contributed by atoms with van der Waals surface area (Å²) >= 11 is 0. The van der Waals surface area contributed by atoms with Crippen LogP contribution in [-0.2, 0) is 12.8 Å². The highest BCUT2D eigenvalue weighted by atomic mass is 16.5. The monoisotopic (exact) mass is 336 g/mol. The Morgan fingerprint density at radius 1 is 0.880 bits per heavy atom. The molecule has 0 amide bonds. The summed E-state index contributed by atoms with van der Waals surface area (Å²) in [5, 5.41) is 4.17. The van der Waals surface area contributed by atoms with E-state index in [9.17, 15) is 0 Å². The fourth-order valence-electron chi connectivity index (χ4n) is 2.89. The maximum absolute atomic E-state index is 5.52. The van der Waals surface area contributed by atoms with E-state index in [0.717, 1.165) is 46.7 Å². The summed E-state index contributed by atoms with van der Waals surface area (Å²) in [7, 11) is 0. The molecule has 130 valence electrons. The maximum atomic E-state index is 5.52. The number of rotatable bonds is 5. The third-order valence-corrected chi connectivity index (χ3v) is 3.92. The number of hydrogen-bond acceptors (Lipinski definition) is 5. The van der Waals surface area contributed by atoms with Crippen LogP contribution in [0.2, 0.25) is 0 Å². The summed E-state index contributed by atoms with van der Waals surface area (Å²) in [6.45, 7) is 10.4. The van der Waals surface area contributed by atoms with Crippen molar-refractivity contribution >= 4 is 0 Å². The topological polar surface area (TPSA) is 64.7 Å². The summed E-state index contributed by atoms with van der Waals surface area (Å²) in [4.78, 5) is 13.7. The smallest absolute Gasteiger partial charge is 0.258 e. The van der Waals surface area contributed by atoms with Crippen molar-refractivity contribution in [1.29, 1.82) is 0 Å². The molecule has 0 aliphatic rings. The summed E-state index contributed by atoms with van der Waals surface area (Å²) in [5.74, 6) is 1.67. The van der Waals surface area contributed by atoms with Gasteiger partial charge in [-0.1, -0.05) is 25.9 Å². The molecule has 3 rings (SSSR count). The van der Waals surface area contributed by atoms with Crippen molar-refractivity contribution in [2.24, 2.45) is 5.92 Å². The van der Waals surface area contributed by atoms with Gasteiger partial charge < -0.3 is 4.52 Å². The van der Waals surface area contributed by atoms with Gasteiger partial charge in [-0.3, -0.25) is 9.97 Å². The van der Waals surface area contributed by atoms with Gasteiger partial charge in [-0.15, -0.1) is 0 Å². The van der Waals surface area contributed by atoms with Crippen LogP contribution < -0.4 is 0 Å². The van der Waals surface area contributed by atoms with Crippen molar-refractivity contribution in [2.45, 2.75) is 47.5 Å². The van der Waals surface area contributed by atoms with Gasteiger partial charge in [-0.25, -0.2) is 0 Å². The molecule has 0 N–H and O–H groups in total. The average Bonchev–Trinajstić information content (AvgIpc) is 3.03. The van der Waals surface area contributed by atoms with E-state index in [0.29, 0.717) is 17.6 Å². The van der Waals surface area contributed by atoms with Crippen molar-refractivity contribution in [3.8, 4) is 22.8 Å². The first-order valence-corrected chi connectivity index (χ1v) is 8.74. The standard InChI is InChI=1S/C20H24N4O/c1-6-17-10-15(8-13(4)21-17)19-23-20(25-24-19)16-9-14(5)22-18(11-16)7-12(2)3/h8-12H,6-7H2,1-5H3. The van der Waals surface area contributed by atoms with Crippen LogP contribution >= 0.6 is 0 Å². The molecule has 0 aliphatic carbocycles. The highest BCUT2D eigenvalue weighted by molar-refractivity contribution is 5.60. The largest absolute Gasteiger partial charge is 0.334 e. The van der Waals surface area contributed by atoms with Gasteiger partial charge in [0.2, 0.25) is 5.82 Å². The zero-order chi connectivity index (χ0) is 18.0. The zero-order valence-electron chi connectivity index (χ0n) is 15.5. The Balaban J connectivity index is 1.96. The molecule has 0 atom stereocenters. The molecule has 0 unspecified atom stereocenters. The highest BCUT2D eigenvalue weighted by Crippen LogP contribution is 2.24. The molecular weight excluding hydrogens is 312 g/mol. The predicted octanol–water partition coefficient (Wildman–Crippen LogP) is 4.57. The Morgan fingerprint density at radius 3 is 2.20 bits per heavy atom. The van der Waals surface area contributed by atoms with E-state index >= 15 is 0 Å². The summed E-state index contributed by atoms with van der Waals surface area (Å²) in [6, 6.07) is 8.02. The van der Waals surface area contributed by atoms with E-state index in [1.807, 2.05) is 38.1 Å². The van der Waals surface area contributed by atoms with Gasteiger partial charge in [0.25, 0.3) is 5.89 Å². The quantitative estimate of drug-likeness (QED) is 0.683. The van der Waals surface area contributed by atoms with Gasteiger partial charge in [0, 0.05) is 33.9 Å². The maximum Gasteiger partial charge on any atom is 0.258 e. The van der Waals surface area contributed by atoms with Crippen molar-refractivity contribution in [3.05, 3.63) is 47.0 Å². The van der Waals surface area contributed by atoms with Crippen LogP contribution in [0.5, 0.6) is 0 Å². The predicted molar refractivity (Wildman–Crippen MR) is 98.2 cm³/mol. The summed E-state index contributed by atoms with van der Waals surface area (Å²) in [5.41, 5.74) is 5.86. The lowest BCUT2D eigenvalue weighted by atomic mass is 10.1. The van der Waals surface area contributed by atoms with Crippen LogP contribution in [0.3, 0.4) is 0 Å². The lowest BCUT2D eigenvalue weighted by molar-refractivity contribution is 0.432. The number of hydrogen-bond donors (Lipinski definition) is 0. The minimum absolute atomic E-state index is 0.526. The van der Waals surface area contributed by atoms with E-state index in [1.165, 1.54) is 0 Å². The molecule has 3 heterocycles. The SMILES string of the molecule is CCc1cc(-c2noc(-c3cc(C)nc(CC(C)C)c3)n2)cc(C)n1. The molecule has 5 heteroatoms. The van der Waals surface area contributed by atoms with E-state index < -0.39 is 0 Å². The number of nitrogens with zero attached hydrogens (tertiary/aromatic N) is 4. The van der Waals surface area contributed by atoms with Gasteiger partial charge >= 0.3 is 0 Å². The third-order valence-electron chi connectivity index (χ3n) is 3.92. The molecule has 0 bridgehead atoms. The number of aryl methyl sites for hydroxylation is 3. The normalized spacial score (nSPS) is 11.3. The Kier molecular flexibility index (Phi) is 4.93. The molecule has 0 radical (unpaired) electrons. The Bertz CT molecular complexity index is 883. The molecule has 0 aromatic carbocycles. The van der Waals surface area contributed by atoms with Gasteiger partial charge in [0.15, 0.2) is 0 Å².